The summed E-state index contributed by atoms with van der Waals surface area (Å²) in [6.07, 6.45) is -0.492. The molecule has 170 valence electrons. The molecule has 4 aromatic rings. The summed E-state index contributed by atoms with van der Waals surface area (Å²) in [6, 6.07) is 4.27. The number of hydrogen-bond donors (Lipinski definition) is 0. The van der Waals surface area contributed by atoms with Crippen molar-refractivity contribution in [3.8, 4) is 11.3 Å². The molecule has 0 bridgehead atoms. The molecule has 0 aliphatic carbocycles. The monoisotopic (exact) mass is 471 g/mol. The number of rotatable bonds is 3. The van der Waals surface area contributed by atoms with Gasteiger partial charge in [0.1, 0.15) is 22.9 Å². The van der Waals surface area contributed by atoms with Crippen molar-refractivity contribution in [3.63, 3.8) is 0 Å². The molecule has 10 nitrogen and oxygen atoms in total. The van der Waals surface area contributed by atoms with Crippen LogP contribution in [0.5, 0.6) is 0 Å². The van der Waals surface area contributed by atoms with Crippen molar-refractivity contribution in [1.82, 2.24) is 29.7 Å². The second kappa shape index (κ2) is 8.16. The third kappa shape index (κ3) is 3.83. The van der Waals surface area contributed by atoms with E-state index < -0.39 is 11.9 Å². The lowest BCUT2D eigenvalue weighted by Crippen LogP contribution is -2.39. The van der Waals surface area contributed by atoms with E-state index in [1.165, 1.54) is 16.7 Å². The van der Waals surface area contributed by atoms with Crippen LogP contribution in [-0.2, 0) is 11.8 Å². The largest absolute Gasteiger partial charge is 0.423 e. The number of fused-ring (bicyclic) bond motifs is 1. The van der Waals surface area contributed by atoms with Gasteiger partial charge >= 0.3 is 0 Å². The minimum Gasteiger partial charge on any atom is -0.423 e. The first-order valence-corrected chi connectivity index (χ1v) is 10.6. The summed E-state index contributed by atoms with van der Waals surface area (Å²) in [4.78, 5) is 28.5. The van der Waals surface area contributed by atoms with Crippen LogP contribution in [-0.4, -0.2) is 49.4 Å². The highest BCUT2D eigenvalue weighted by Gasteiger charge is 2.29. The molecule has 0 unspecified atom stereocenters. The normalized spacial score (nSPS) is 16.5. The van der Waals surface area contributed by atoms with Crippen molar-refractivity contribution < 1.29 is 13.5 Å². The number of benzene rings is 1. The number of anilines is 1. The molecule has 3 aromatic heterocycles. The second-order valence-electron chi connectivity index (χ2n) is 7.68. The van der Waals surface area contributed by atoms with E-state index in [2.05, 4.69) is 25.1 Å². The van der Waals surface area contributed by atoms with E-state index in [1.54, 1.807) is 27.0 Å². The Morgan fingerprint density at radius 3 is 2.70 bits per heavy atom. The number of nitrogens with zero attached hydrogens (tertiary/aromatic N) is 7. The molecule has 0 radical (unpaired) electrons. The van der Waals surface area contributed by atoms with Crippen LogP contribution in [0.15, 0.2) is 27.4 Å². The predicted molar refractivity (Wildman–Crippen MR) is 118 cm³/mol. The van der Waals surface area contributed by atoms with E-state index in [4.69, 9.17) is 20.8 Å². The molecular formula is C21H19ClFN7O3. The van der Waals surface area contributed by atoms with Crippen molar-refractivity contribution in [2.45, 2.75) is 20.0 Å². The number of hydrogen-bond acceptors (Lipinski definition) is 9. The van der Waals surface area contributed by atoms with Crippen molar-refractivity contribution in [1.29, 1.82) is 0 Å². The van der Waals surface area contributed by atoms with Crippen LogP contribution in [0.3, 0.4) is 0 Å². The average Bonchev–Trinajstić information content (AvgIpc) is 3.24. The van der Waals surface area contributed by atoms with Gasteiger partial charge in [-0.25, -0.2) is 19.3 Å². The fourth-order valence-corrected chi connectivity index (χ4v) is 3.83. The molecule has 1 aliphatic rings. The van der Waals surface area contributed by atoms with Crippen LogP contribution in [0.25, 0.3) is 22.3 Å². The summed E-state index contributed by atoms with van der Waals surface area (Å²) < 4.78 is 27.6. The van der Waals surface area contributed by atoms with Gasteiger partial charge in [0.2, 0.25) is 17.7 Å². The van der Waals surface area contributed by atoms with Gasteiger partial charge < -0.3 is 14.1 Å². The Labute approximate surface area is 192 Å². The van der Waals surface area contributed by atoms with Crippen LogP contribution in [0.4, 0.5) is 10.3 Å². The Morgan fingerprint density at radius 1 is 1.15 bits per heavy atom. The van der Waals surface area contributed by atoms with E-state index in [0.29, 0.717) is 37.3 Å². The lowest BCUT2D eigenvalue weighted by molar-refractivity contribution is 0.0212. The first kappa shape index (κ1) is 21.4. The Kier molecular flexibility index (Phi) is 5.29. The number of halogens is 2. The Bertz CT molecular complexity index is 1440. The molecule has 1 aliphatic heterocycles. The predicted octanol–water partition coefficient (Wildman–Crippen LogP) is 2.76. The third-order valence-corrected chi connectivity index (χ3v) is 5.73. The van der Waals surface area contributed by atoms with Gasteiger partial charge in [0.05, 0.1) is 13.2 Å². The Balaban J connectivity index is 1.67. The first-order valence-electron chi connectivity index (χ1n) is 10.2. The molecule has 1 saturated heterocycles. The number of morpholine rings is 1. The molecule has 0 saturated carbocycles. The fourth-order valence-electron chi connectivity index (χ4n) is 3.67. The van der Waals surface area contributed by atoms with Crippen molar-refractivity contribution >= 4 is 28.6 Å². The maximum absolute atomic E-state index is 14.9. The van der Waals surface area contributed by atoms with Gasteiger partial charge in [0, 0.05) is 31.1 Å². The smallest absolute Gasteiger partial charge is 0.279 e. The third-order valence-electron chi connectivity index (χ3n) is 5.49. The molecule has 33 heavy (non-hydrogen) atoms. The number of ether oxygens (including phenoxy) is 1. The Hall–Kier alpha value is -3.44. The quantitative estimate of drug-likeness (QED) is 0.445. The van der Waals surface area contributed by atoms with E-state index in [9.17, 15) is 9.18 Å². The maximum Gasteiger partial charge on any atom is 0.279 e. The average molecular weight is 472 g/mol. The van der Waals surface area contributed by atoms with Gasteiger partial charge in [-0.2, -0.15) is 0 Å². The summed E-state index contributed by atoms with van der Waals surface area (Å²) in [6.45, 7) is 4.51. The summed E-state index contributed by atoms with van der Waals surface area (Å²) in [7, 11) is 1.61. The van der Waals surface area contributed by atoms with Gasteiger partial charge in [-0.05, 0) is 25.1 Å². The van der Waals surface area contributed by atoms with Gasteiger partial charge in [0.15, 0.2) is 11.6 Å². The number of aryl methyl sites for hydroxylation is 2. The van der Waals surface area contributed by atoms with Crippen molar-refractivity contribution in [2.24, 2.45) is 7.05 Å². The molecule has 4 heterocycles. The summed E-state index contributed by atoms with van der Waals surface area (Å²) >= 11 is 5.94. The van der Waals surface area contributed by atoms with Gasteiger partial charge in [-0.1, -0.05) is 11.6 Å². The standard InChI is InChI=1S/C21H19ClFN7O3/c1-10-24-17-16(13-5-4-12(22)8-14(13)23)25-21(26-18(17)20(31)29(10)3)30-6-7-32-15(9-30)19-28-27-11(2)33-19/h4-5,8,15H,6-7,9H2,1-3H3/t15-/m1/s1. The molecule has 1 aromatic carbocycles. The zero-order valence-electron chi connectivity index (χ0n) is 18.0. The molecule has 12 heteroatoms. The fraction of sp³-hybridized carbons (Fsp3) is 0.333. The summed E-state index contributed by atoms with van der Waals surface area (Å²) in [5.41, 5.74) is 0.341. The molecule has 1 atom stereocenters. The molecule has 1 fully saturated rings. The van der Waals surface area contributed by atoms with Crippen LogP contribution < -0.4 is 10.5 Å². The van der Waals surface area contributed by atoms with Gasteiger partial charge in [-0.3, -0.25) is 9.36 Å². The summed E-state index contributed by atoms with van der Waals surface area (Å²) in [5, 5.41) is 8.13. The van der Waals surface area contributed by atoms with Gasteiger partial charge in [-0.15, -0.1) is 10.2 Å². The molecule has 0 spiro atoms. The molecule has 0 N–H and O–H groups in total. The minimum atomic E-state index is -0.574. The Morgan fingerprint density at radius 2 is 1.97 bits per heavy atom. The highest BCUT2D eigenvalue weighted by molar-refractivity contribution is 6.30. The van der Waals surface area contributed by atoms with Gasteiger partial charge in [0.25, 0.3) is 5.56 Å². The highest BCUT2D eigenvalue weighted by atomic mass is 35.5. The second-order valence-corrected chi connectivity index (χ2v) is 8.12. The number of aromatic nitrogens is 6. The van der Waals surface area contributed by atoms with Crippen LogP contribution in [0.2, 0.25) is 5.02 Å². The topological polar surface area (TPSA) is 112 Å². The lowest BCUT2D eigenvalue weighted by atomic mass is 10.1. The van der Waals surface area contributed by atoms with Crippen molar-refractivity contribution in [2.75, 3.05) is 24.6 Å². The maximum atomic E-state index is 14.9. The van der Waals surface area contributed by atoms with E-state index in [1.807, 2.05) is 4.90 Å². The molecular weight excluding hydrogens is 453 g/mol. The summed E-state index contributed by atoms with van der Waals surface area (Å²) in [5.74, 6) is 0.903. The molecule has 5 rings (SSSR count). The van der Waals surface area contributed by atoms with Crippen LogP contribution in [0, 0.1) is 19.7 Å². The lowest BCUT2D eigenvalue weighted by Gasteiger charge is -2.31. The van der Waals surface area contributed by atoms with Crippen LogP contribution >= 0.6 is 11.6 Å². The van der Waals surface area contributed by atoms with Crippen LogP contribution in [0.1, 0.15) is 23.7 Å². The molecule has 0 amide bonds. The minimum absolute atomic E-state index is 0.0918. The van der Waals surface area contributed by atoms with E-state index in [0.717, 1.165) is 0 Å². The van der Waals surface area contributed by atoms with E-state index in [-0.39, 0.29) is 38.8 Å². The van der Waals surface area contributed by atoms with Crippen molar-refractivity contribution in [3.05, 3.63) is 57.0 Å². The zero-order chi connectivity index (χ0) is 23.3. The first-order chi connectivity index (χ1) is 15.8. The highest BCUT2D eigenvalue weighted by Crippen LogP contribution is 2.31. The SMILES string of the molecule is Cc1nnc([C@H]2CN(c3nc(-c4ccc(Cl)cc4F)c4nc(C)n(C)c(=O)c4n3)CCO2)o1. The van der Waals surface area contributed by atoms with E-state index >= 15 is 0 Å². The zero-order valence-corrected chi connectivity index (χ0v) is 18.8.